The molecule has 1 N–H and O–H groups in total. The number of carbonyl (C=O) groups excluding carboxylic acids is 2. The first-order valence-electron chi connectivity index (χ1n) is 7.84. The Hall–Kier alpha value is -2.91. The lowest BCUT2D eigenvalue weighted by Crippen LogP contribution is -2.23. The summed E-state index contributed by atoms with van der Waals surface area (Å²) in [4.78, 5) is 36.0. The summed E-state index contributed by atoms with van der Waals surface area (Å²) in [5, 5.41) is 8.90. The van der Waals surface area contributed by atoms with Gasteiger partial charge in [-0.15, -0.1) is 16.4 Å². The summed E-state index contributed by atoms with van der Waals surface area (Å²) in [6, 6.07) is 10.2. The Kier molecular flexibility index (Phi) is 6.05. The first-order chi connectivity index (χ1) is 13.0. The predicted molar refractivity (Wildman–Crippen MR) is 99.7 cm³/mol. The fourth-order valence-corrected chi connectivity index (χ4v) is 2.96. The summed E-state index contributed by atoms with van der Waals surface area (Å²) < 4.78 is 11.0. The molecule has 0 atom stereocenters. The van der Waals surface area contributed by atoms with Crippen LogP contribution in [0.15, 0.2) is 51.0 Å². The van der Waals surface area contributed by atoms with E-state index in [1.165, 1.54) is 11.3 Å². The Bertz CT molecular complexity index is 996. The first-order valence-corrected chi connectivity index (χ1v) is 9.10. The number of nitrogens with one attached hydrogen (secondary N) is 1. The molecule has 0 aliphatic heterocycles. The van der Waals surface area contributed by atoms with Crippen LogP contribution in [0.4, 0.5) is 5.69 Å². The summed E-state index contributed by atoms with van der Waals surface area (Å²) in [5.74, 6) is -1.60. The predicted octanol–water partition coefficient (Wildman–Crippen LogP) is 2.79. The van der Waals surface area contributed by atoms with Gasteiger partial charge in [-0.25, -0.2) is 4.79 Å². The fourth-order valence-electron chi connectivity index (χ4n) is 2.13. The lowest BCUT2D eigenvalue weighted by Gasteiger charge is -2.06. The molecule has 10 heteroatoms. The van der Waals surface area contributed by atoms with E-state index in [9.17, 15) is 14.4 Å². The molecule has 3 aromatic rings. The molecule has 0 unspecified atom stereocenters. The van der Waals surface area contributed by atoms with Crippen molar-refractivity contribution in [2.24, 2.45) is 0 Å². The summed E-state index contributed by atoms with van der Waals surface area (Å²) in [6.07, 6.45) is -0.124. The molecule has 1 aromatic carbocycles. The van der Waals surface area contributed by atoms with Gasteiger partial charge in [0.15, 0.2) is 6.61 Å². The highest BCUT2D eigenvalue weighted by Crippen LogP contribution is 2.21. The van der Waals surface area contributed by atoms with Crippen LogP contribution >= 0.6 is 22.9 Å². The minimum atomic E-state index is -0.662. The SMILES string of the molecule is O=C(COC(=O)CCn1nc(-c2cccs2)oc1=O)Nc1cccc(Cl)c1. The van der Waals surface area contributed by atoms with Crippen LogP contribution in [0.2, 0.25) is 5.02 Å². The molecule has 2 aromatic heterocycles. The molecule has 0 fully saturated rings. The number of amides is 1. The maximum absolute atomic E-state index is 11.8. The smallest absolute Gasteiger partial charge is 0.437 e. The van der Waals surface area contributed by atoms with E-state index in [1.54, 1.807) is 30.3 Å². The lowest BCUT2D eigenvalue weighted by atomic mass is 10.3. The molecule has 0 saturated heterocycles. The van der Waals surface area contributed by atoms with Gasteiger partial charge in [-0.2, -0.15) is 4.68 Å². The third-order valence-electron chi connectivity index (χ3n) is 3.34. The van der Waals surface area contributed by atoms with E-state index in [0.29, 0.717) is 15.6 Å². The molecule has 0 saturated carbocycles. The van der Waals surface area contributed by atoms with Crippen LogP contribution in [0.1, 0.15) is 6.42 Å². The second-order valence-electron chi connectivity index (χ2n) is 5.34. The number of hydrogen-bond acceptors (Lipinski definition) is 7. The zero-order chi connectivity index (χ0) is 19.2. The maximum Gasteiger partial charge on any atom is 0.437 e. The van der Waals surface area contributed by atoms with Crippen molar-refractivity contribution < 1.29 is 18.7 Å². The van der Waals surface area contributed by atoms with Crippen molar-refractivity contribution in [2.45, 2.75) is 13.0 Å². The highest BCUT2D eigenvalue weighted by atomic mass is 35.5. The zero-order valence-electron chi connectivity index (χ0n) is 13.9. The number of rotatable bonds is 7. The average Bonchev–Trinajstić information content (AvgIpc) is 3.28. The summed E-state index contributed by atoms with van der Waals surface area (Å²) >= 11 is 7.21. The molecular weight excluding hydrogens is 394 g/mol. The molecule has 8 nitrogen and oxygen atoms in total. The Morgan fingerprint density at radius 2 is 2.15 bits per heavy atom. The van der Waals surface area contributed by atoms with Crippen LogP contribution in [-0.4, -0.2) is 28.3 Å². The number of anilines is 1. The van der Waals surface area contributed by atoms with Crippen molar-refractivity contribution in [3.8, 4) is 10.8 Å². The average molecular weight is 408 g/mol. The van der Waals surface area contributed by atoms with E-state index in [0.717, 1.165) is 4.68 Å². The van der Waals surface area contributed by atoms with Crippen molar-refractivity contribution in [3.05, 3.63) is 57.4 Å². The van der Waals surface area contributed by atoms with Crippen LogP contribution < -0.4 is 11.1 Å². The molecule has 0 bridgehead atoms. The summed E-state index contributed by atoms with van der Waals surface area (Å²) in [7, 11) is 0. The molecule has 3 rings (SSSR count). The second-order valence-corrected chi connectivity index (χ2v) is 6.73. The number of nitrogens with zero attached hydrogens (tertiary/aromatic N) is 2. The molecule has 0 aliphatic rings. The number of benzene rings is 1. The molecule has 140 valence electrons. The van der Waals surface area contributed by atoms with Gasteiger partial charge in [0.1, 0.15) is 0 Å². The van der Waals surface area contributed by atoms with Crippen LogP contribution in [0.5, 0.6) is 0 Å². The number of hydrogen-bond donors (Lipinski definition) is 1. The highest BCUT2D eigenvalue weighted by molar-refractivity contribution is 7.13. The number of esters is 1. The normalized spacial score (nSPS) is 10.6. The molecule has 0 radical (unpaired) electrons. The van der Waals surface area contributed by atoms with E-state index in [1.807, 2.05) is 11.4 Å². The van der Waals surface area contributed by atoms with Gasteiger partial charge in [0, 0.05) is 10.7 Å². The van der Waals surface area contributed by atoms with E-state index in [4.69, 9.17) is 20.8 Å². The summed E-state index contributed by atoms with van der Waals surface area (Å²) in [5.41, 5.74) is 0.499. The van der Waals surface area contributed by atoms with Crippen molar-refractivity contribution in [1.82, 2.24) is 9.78 Å². The zero-order valence-corrected chi connectivity index (χ0v) is 15.5. The Morgan fingerprint density at radius 3 is 2.89 bits per heavy atom. The quantitative estimate of drug-likeness (QED) is 0.604. The van der Waals surface area contributed by atoms with Crippen molar-refractivity contribution in [1.29, 1.82) is 0 Å². The minimum absolute atomic E-state index is 0.0115. The van der Waals surface area contributed by atoms with Crippen LogP contribution in [0.25, 0.3) is 10.8 Å². The number of ether oxygens (including phenoxy) is 1. The van der Waals surface area contributed by atoms with Gasteiger partial charge < -0.3 is 14.5 Å². The van der Waals surface area contributed by atoms with Crippen molar-refractivity contribution >= 4 is 40.5 Å². The van der Waals surface area contributed by atoms with Crippen LogP contribution in [0, 0.1) is 0 Å². The third kappa shape index (κ3) is 5.28. The van der Waals surface area contributed by atoms with Gasteiger partial charge >= 0.3 is 11.7 Å². The van der Waals surface area contributed by atoms with Gasteiger partial charge in [0.25, 0.3) is 11.8 Å². The van der Waals surface area contributed by atoms with Crippen LogP contribution in [0.3, 0.4) is 0 Å². The number of thiophene rings is 1. The second kappa shape index (κ2) is 8.65. The number of aromatic nitrogens is 2. The highest BCUT2D eigenvalue weighted by Gasteiger charge is 2.13. The maximum atomic E-state index is 11.8. The molecule has 1 amide bonds. The standard InChI is InChI=1S/C17H14ClN3O5S/c18-11-3-1-4-12(9-11)19-14(22)10-25-15(23)6-7-21-17(24)26-16(20-21)13-5-2-8-27-13/h1-5,8-9H,6-7,10H2,(H,19,22). The van der Waals surface area contributed by atoms with Gasteiger partial charge in [0.2, 0.25) is 0 Å². The lowest BCUT2D eigenvalue weighted by molar-refractivity contribution is -0.147. The number of carbonyl (C=O) groups is 2. The molecule has 2 heterocycles. The van der Waals surface area contributed by atoms with Crippen molar-refractivity contribution in [3.63, 3.8) is 0 Å². The third-order valence-corrected chi connectivity index (χ3v) is 4.43. The van der Waals surface area contributed by atoms with Gasteiger partial charge in [0.05, 0.1) is 17.8 Å². The Balaban J connectivity index is 1.46. The topological polar surface area (TPSA) is 103 Å². The summed E-state index contributed by atoms with van der Waals surface area (Å²) in [6.45, 7) is -0.456. The van der Waals surface area contributed by atoms with E-state index < -0.39 is 24.2 Å². The first kappa shape index (κ1) is 18.9. The molecule has 0 aliphatic carbocycles. The van der Waals surface area contributed by atoms with E-state index in [2.05, 4.69) is 10.4 Å². The van der Waals surface area contributed by atoms with Crippen LogP contribution in [-0.2, 0) is 20.9 Å². The fraction of sp³-hybridized carbons (Fsp3) is 0.176. The largest absolute Gasteiger partial charge is 0.456 e. The Morgan fingerprint density at radius 1 is 1.30 bits per heavy atom. The van der Waals surface area contributed by atoms with Gasteiger partial charge in [-0.1, -0.05) is 23.7 Å². The number of halogens is 1. The van der Waals surface area contributed by atoms with Gasteiger partial charge in [-0.3, -0.25) is 9.59 Å². The van der Waals surface area contributed by atoms with E-state index in [-0.39, 0.29) is 18.9 Å². The molecular formula is C17H14ClN3O5S. The van der Waals surface area contributed by atoms with E-state index >= 15 is 0 Å². The van der Waals surface area contributed by atoms with Crippen molar-refractivity contribution in [2.75, 3.05) is 11.9 Å². The molecule has 0 spiro atoms. The minimum Gasteiger partial charge on any atom is -0.456 e. The number of aryl methyl sites for hydroxylation is 1. The Labute approximate surface area is 162 Å². The van der Waals surface area contributed by atoms with Gasteiger partial charge in [-0.05, 0) is 29.6 Å². The monoisotopic (exact) mass is 407 g/mol. The molecule has 27 heavy (non-hydrogen) atoms.